The Labute approximate surface area is 75.1 Å². The van der Waals surface area contributed by atoms with Gasteiger partial charge in [-0.3, -0.25) is 4.98 Å². The molecule has 0 fully saturated rings. The molecule has 0 spiro atoms. The number of hydrogen-bond acceptors (Lipinski definition) is 3. The normalized spacial score (nSPS) is 12.9. The zero-order valence-electron chi connectivity index (χ0n) is 6.86. The highest BCUT2D eigenvalue weighted by Crippen LogP contribution is 2.33. The summed E-state index contributed by atoms with van der Waals surface area (Å²) in [5.74, 6) is 0. The van der Waals surface area contributed by atoms with Crippen LogP contribution in [0.5, 0.6) is 0 Å². The summed E-state index contributed by atoms with van der Waals surface area (Å²) < 4.78 is 0. The Morgan fingerprint density at radius 3 is 3.15 bits per heavy atom. The lowest BCUT2D eigenvalue weighted by atomic mass is 10.1. The van der Waals surface area contributed by atoms with Gasteiger partial charge in [0, 0.05) is 17.0 Å². The molecule has 0 amide bonds. The van der Waals surface area contributed by atoms with E-state index in [1.807, 2.05) is 30.6 Å². The van der Waals surface area contributed by atoms with E-state index in [9.17, 15) is 0 Å². The number of benzene rings is 1. The first kappa shape index (κ1) is 6.60. The van der Waals surface area contributed by atoms with Crippen molar-refractivity contribution in [1.29, 1.82) is 0 Å². The molecule has 2 aromatic rings. The minimum atomic E-state index is 1.01. The second kappa shape index (κ2) is 2.29. The van der Waals surface area contributed by atoms with E-state index in [2.05, 4.69) is 15.3 Å². The van der Waals surface area contributed by atoms with Crippen LogP contribution >= 0.6 is 0 Å². The highest BCUT2D eigenvalue weighted by molar-refractivity contribution is 6.07. The molecule has 1 aliphatic rings. The quantitative estimate of drug-likeness (QED) is 0.657. The van der Waals surface area contributed by atoms with Crippen LogP contribution in [0, 0.1) is 0 Å². The van der Waals surface area contributed by atoms with Gasteiger partial charge in [-0.05, 0) is 6.07 Å². The van der Waals surface area contributed by atoms with E-state index < -0.39 is 0 Å². The highest BCUT2D eigenvalue weighted by atomic mass is 15.0. The molecule has 1 aromatic heterocycles. The van der Waals surface area contributed by atoms with Gasteiger partial charge >= 0.3 is 0 Å². The van der Waals surface area contributed by atoms with Gasteiger partial charge in [0.25, 0.3) is 0 Å². The standard InChI is InChI=1S/C10H7N3/c1-2-7-4-11-5-9-10(7)8(3-1)12-6-13-9/h1-6H,(H,12,13). The van der Waals surface area contributed by atoms with Crippen LogP contribution in [0.4, 0.5) is 11.4 Å². The third-order valence-electron chi connectivity index (χ3n) is 2.18. The molecule has 3 heteroatoms. The molecule has 1 N–H and O–H groups in total. The van der Waals surface area contributed by atoms with E-state index in [0.29, 0.717) is 0 Å². The number of pyridine rings is 1. The molecule has 0 bridgehead atoms. The van der Waals surface area contributed by atoms with Crippen molar-refractivity contribution in [2.45, 2.75) is 0 Å². The second-order valence-electron chi connectivity index (χ2n) is 2.96. The van der Waals surface area contributed by atoms with Crippen LogP contribution in [-0.2, 0) is 0 Å². The summed E-state index contributed by atoms with van der Waals surface area (Å²) in [6, 6.07) is 6.03. The summed E-state index contributed by atoms with van der Waals surface area (Å²) in [6.07, 6.45) is 5.36. The average Bonchev–Trinajstić information content (AvgIpc) is 2.19. The minimum absolute atomic E-state index is 1.01. The molecule has 3 nitrogen and oxygen atoms in total. The van der Waals surface area contributed by atoms with Crippen LogP contribution in [0.2, 0.25) is 0 Å². The predicted molar refractivity (Wildman–Crippen MR) is 53.5 cm³/mol. The van der Waals surface area contributed by atoms with Gasteiger partial charge in [-0.1, -0.05) is 12.1 Å². The fraction of sp³-hybridized carbons (Fsp3) is 0. The van der Waals surface area contributed by atoms with Crippen LogP contribution < -0.4 is 5.32 Å². The molecule has 0 saturated carbocycles. The van der Waals surface area contributed by atoms with Gasteiger partial charge in [0.2, 0.25) is 0 Å². The van der Waals surface area contributed by atoms with Crippen LogP contribution in [0.25, 0.3) is 10.8 Å². The third-order valence-corrected chi connectivity index (χ3v) is 2.18. The SMILES string of the molecule is C1=Nc2cccc3cncc(c23)N1. The Hall–Kier alpha value is -1.90. The highest BCUT2D eigenvalue weighted by Gasteiger charge is 2.07. The number of rotatable bonds is 0. The number of nitrogens with zero attached hydrogens (tertiary/aromatic N) is 2. The lowest BCUT2D eigenvalue weighted by Gasteiger charge is -2.11. The summed E-state index contributed by atoms with van der Waals surface area (Å²) in [5, 5.41) is 5.35. The Morgan fingerprint density at radius 1 is 1.15 bits per heavy atom. The Bertz CT molecular complexity index is 497. The molecule has 0 saturated heterocycles. The van der Waals surface area contributed by atoms with E-state index in [0.717, 1.165) is 22.1 Å². The van der Waals surface area contributed by atoms with Crippen LogP contribution in [-0.4, -0.2) is 11.3 Å². The summed E-state index contributed by atoms with van der Waals surface area (Å²) >= 11 is 0. The number of hydrogen-bond donors (Lipinski definition) is 1. The number of aliphatic imine (C=N–C) groups is 1. The molecule has 13 heavy (non-hydrogen) atoms. The van der Waals surface area contributed by atoms with Gasteiger partial charge in [0.05, 0.1) is 23.9 Å². The topological polar surface area (TPSA) is 37.3 Å². The predicted octanol–water partition coefficient (Wildman–Crippen LogP) is 2.32. The maximum Gasteiger partial charge on any atom is 0.0931 e. The van der Waals surface area contributed by atoms with E-state index in [4.69, 9.17) is 0 Å². The summed E-state index contributed by atoms with van der Waals surface area (Å²) in [5.41, 5.74) is 2.04. The summed E-state index contributed by atoms with van der Waals surface area (Å²) in [6.45, 7) is 0. The molecule has 2 heterocycles. The molecule has 1 aromatic carbocycles. The maximum atomic E-state index is 4.25. The Morgan fingerprint density at radius 2 is 2.15 bits per heavy atom. The van der Waals surface area contributed by atoms with Gasteiger partial charge in [-0.15, -0.1) is 0 Å². The molecule has 62 valence electrons. The fourth-order valence-corrected chi connectivity index (χ4v) is 1.60. The Kier molecular flexibility index (Phi) is 1.16. The Balaban J connectivity index is 2.56. The maximum absolute atomic E-state index is 4.25. The largest absolute Gasteiger partial charge is 0.345 e. The first-order valence-corrected chi connectivity index (χ1v) is 4.11. The zero-order valence-corrected chi connectivity index (χ0v) is 6.86. The fourth-order valence-electron chi connectivity index (χ4n) is 1.60. The van der Waals surface area contributed by atoms with Gasteiger partial charge in [0.1, 0.15) is 0 Å². The van der Waals surface area contributed by atoms with Crippen molar-refractivity contribution in [1.82, 2.24) is 4.98 Å². The van der Waals surface area contributed by atoms with Crippen LogP contribution in [0.3, 0.4) is 0 Å². The lowest BCUT2D eigenvalue weighted by molar-refractivity contribution is 1.35. The summed E-state index contributed by atoms with van der Waals surface area (Å²) in [7, 11) is 0. The molecule has 0 radical (unpaired) electrons. The summed E-state index contributed by atoms with van der Waals surface area (Å²) in [4.78, 5) is 8.38. The molecular formula is C10H7N3. The van der Waals surface area contributed by atoms with Crippen molar-refractivity contribution < 1.29 is 0 Å². The van der Waals surface area contributed by atoms with Crippen molar-refractivity contribution >= 4 is 28.5 Å². The van der Waals surface area contributed by atoms with E-state index in [-0.39, 0.29) is 0 Å². The van der Waals surface area contributed by atoms with E-state index in [1.54, 1.807) is 6.34 Å². The molecule has 3 rings (SSSR count). The number of anilines is 1. The van der Waals surface area contributed by atoms with Gasteiger partial charge in [-0.25, -0.2) is 4.99 Å². The lowest BCUT2D eigenvalue weighted by Crippen LogP contribution is -2.00. The smallest absolute Gasteiger partial charge is 0.0931 e. The molecule has 0 unspecified atom stereocenters. The minimum Gasteiger partial charge on any atom is -0.345 e. The molecular weight excluding hydrogens is 162 g/mol. The second-order valence-corrected chi connectivity index (χ2v) is 2.96. The van der Waals surface area contributed by atoms with Crippen molar-refractivity contribution in [3.8, 4) is 0 Å². The van der Waals surface area contributed by atoms with Gasteiger partial charge in [0.15, 0.2) is 0 Å². The van der Waals surface area contributed by atoms with Crippen molar-refractivity contribution in [2.24, 2.45) is 4.99 Å². The average molecular weight is 169 g/mol. The molecule has 1 aliphatic heterocycles. The van der Waals surface area contributed by atoms with Crippen LogP contribution in [0.15, 0.2) is 35.6 Å². The van der Waals surface area contributed by atoms with E-state index >= 15 is 0 Å². The van der Waals surface area contributed by atoms with E-state index in [1.165, 1.54) is 0 Å². The number of aromatic nitrogens is 1. The molecule has 0 aliphatic carbocycles. The first-order valence-electron chi connectivity index (χ1n) is 4.11. The van der Waals surface area contributed by atoms with Crippen molar-refractivity contribution in [3.63, 3.8) is 0 Å². The molecule has 0 atom stereocenters. The monoisotopic (exact) mass is 169 g/mol. The number of nitrogens with one attached hydrogen (secondary N) is 1. The van der Waals surface area contributed by atoms with Crippen molar-refractivity contribution in [2.75, 3.05) is 5.32 Å². The van der Waals surface area contributed by atoms with Gasteiger partial charge < -0.3 is 5.32 Å². The zero-order chi connectivity index (χ0) is 8.67. The van der Waals surface area contributed by atoms with Crippen LogP contribution in [0.1, 0.15) is 0 Å². The van der Waals surface area contributed by atoms with Gasteiger partial charge in [-0.2, -0.15) is 0 Å². The first-order chi connectivity index (χ1) is 6.45. The third kappa shape index (κ3) is 0.839. The van der Waals surface area contributed by atoms with Crippen molar-refractivity contribution in [3.05, 3.63) is 30.6 Å².